The highest BCUT2D eigenvalue weighted by Gasteiger charge is 2.32. The van der Waals surface area contributed by atoms with Crippen molar-refractivity contribution in [1.82, 2.24) is 10.2 Å². The van der Waals surface area contributed by atoms with Gasteiger partial charge in [-0.3, -0.25) is 4.79 Å². The van der Waals surface area contributed by atoms with Gasteiger partial charge in [0.15, 0.2) is 0 Å². The van der Waals surface area contributed by atoms with E-state index in [1.165, 1.54) is 16.9 Å². The molecule has 2 aliphatic carbocycles. The van der Waals surface area contributed by atoms with Gasteiger partial charge in [0.1, 0.15) is 10.6 Å². The number of ether oxygens (including phenoxy) is 2. The first-order valence-electron chi connectivity index (χ1n) is 13.9. The summed E-state index contributed by atoms with van der Waals surface area (Å²) in [5.41, 5.74) is 3.45. The van der Waals surface area contributed by atoms with Crippen molar-refractivity contribution in [2.24, 2.45) is 0 Å². The number of thiophene rings is 1. The number of nitrogens with zero attached hydrogens (tertiary/aromatic N) is 1. The number of rotatable bonds is 9. The lowest BCUT2D eigenvalue weighted by Crippen LogP contribution is -2.44. The van der Waals surface area contributed by atoms with Gasteiger partial charge in [-0.2, -0.15) is 0 Å². The number of methoxy groups -OCH3 is 1. The van der Waals surface area contributed by atoms with Crippen molar-refractivity contribution >= 4 is 44.5 Å². The van der Waals surface area contributed by atoms with Gasteiger partial charge in [0.05, 0.1) is 24.5 Å². The molecule has 39 heavy (non-hydrogen) atoms. The second-order valence-electron chi connectivity index (χ2n) is 10.3. The summed E-state index contributed by atoms with van der Waals surface area (Å²) in [7, 11) is 3.74. The van der Waals surface area contributed by atoms with Gasteiger partial charge >= 0.3 is 0 Å². The molecule has 2 aliphatic rings. The normalized spacial score (nSPS) is 19.4. The van der Waals surface area contributed by atoms with Crippen LogP contribution in [0.1, 0.15) is 66.2 Å². The molecule has 0 radical (unpaired) electrons. The third-order valence-electron chi connectivity index (χ3n) is 7.98. The lowest BCUT2D eigenvalue weighted by Gasteiger charge is -2.37. The first-order valence-corrected chi connectivity index (χ1v) is 15.1. The molecule has 0 aliphatic heterocycles. The zero-order valence-electron chi connectivity index (χ0n) is 23.0. The van der Waals surface area contributed by atoms with E-state index in [4.69, 9.17) is 21.1 Å². The van der Waals surface area contributed by atoms with Gasteiger partial charge in [0, 0.05) is 40.7 Å². The second-order valence-corrected chi connectivity index (χ2v) is 11.7. The van der Waals surface area contributed by atoms with E-state index in [0.717, 1.165) is 71.2 Å². The van der Waals surface area contributed by atoms with Crippen LogP contribution in [-0.4, -0.2) is 43.7 Å². The van der Waals surface area contributed by atoms with E-state index < -0.39 is 0 Å². The highest BCUT2D eigenvalue weighted by molar-refractivity contribution is 7.21. The third-order valence-corrected chi connectivity index (χ3v) is 9.64. The van der Waals surface area contributed by atoms with Crippen LogP contribution in [0.3, 0.4) is 0 Å². The molecule has 0 unspecified atom stereocenters. The molecule has 5 nitrogen and oxygen atoms in total. The summed E-state index contributed by atoms with van der Waals surface area (Å²) in [6.45, 7) is 3.05. The minimum Gasteiger partial charge on any atom is -0.501 e. The Bertz CT molecular complexity index is 1390. The molecule has 1 heterocycles. The molecule has 7 heteroatoms. The molecule has 2 aromatic carbocycles. The van der Waals surface area contributed by atoms with Crippen molar-refractivity contribution in [3.05, 3.63) is 81.4 Å². The average molecular weight is 565 g/mol. The first kappa shape index (κ1) is 27.8. The van der Waals surface area contributed by atoms with Crippen molar-refractivity contribution in [2.45, 2.75) is 64.1 Å². The zero-order chi connectivity index (χ0) is 27.4. The molecule has 5 rings (SSSR count). The van der Waals surface area contributed by atoms with Crippen molar-refractivity contribution in [2.75, 3.05) is 20.8 Å². The van der Waals surface area contributed by atoms with Crippen LogP contribution in [-0.2, 0) is 11.3 Å². The maximum absolute atomic E-state index is 14.3. The molecule has 206 valence electrons. The Hall–Kier alpha value is -2.80. The number of halogens is 1. The Morgan fingerprint density at radius 2 is 1.90 bits per heavy atom. The monoisotopic (exact) mass is 564 g/mol. The van der Waals surface area contributed by atoms with Gasteiger partial charge in [-0.15, -0.1) is 11.3 Å². The van der Waals surface area contributed by atoms with Crippen molar-refractivity contribution in [3.63, 3.8) is 0 Å². The van der Waals surface area contributed by atoms with Gasteiger partial charge in [0.25, 0.3) is 5.91 Å². The van der Waals surface area contributed by atoms with Crippen LogP contribution in [0, 0.1) is 0 Å². The highest BCUT2D eigenvalue weighted by atomic mass is 35.5. The standard InChI is InChI=1S/C32H37ClN2O3S/c1-4-38-28-18-11-22(21-9-16-26(37-3)17-10-21)19-23(28)20-35(25-14-12-24(34-2)13-15-25)32(36)31-30(33)27-7-5-6-8-29(27)39-31/h5-9,11,16,18-19,24-25,34H,4,10,12-15,17,20H2,1-3H3/t24-,25-. The number of allylic oxidation sites excluding steroid dienone is 4. The van der Waals surface area contributed by atoms with E-state index in [-0.39, 0.29) is 11.9 Å². The smallest absolute Gasteiger partial charge is 0.266 e. The van der Waals surface area contributed by atoms with Gasteiger partial charge < -0.3 is 19.7 Å². The number of carbonyl (C=O) groups excluding carboxylic acids is 1. The summed E-state index contributed by atoms with van der Waals surface area (Å²) in [6, 6.07) is 15.0. The topological polar surface area (TPSA) is 50.8 Å². The largest absolute Gasteiger partial charge is 0.501 e. The van der Waals surface area contributed by atoms with E-state index >= 15 is 0 Å². The SMILES string of the molecule is CCOc1ccc(C2=CC=C(OC)CC2)cc1CN(C(=O)c1sc2ccccc2c1Cl)[C@H]1CC[C@H](NC)CC1. The Morgan fingerprint density at radius 1 is 1.10 bits per heavy atom. The first-order chi connectivity index (χ1) is 19.0. The molecule has 1 amide bonds. The fourth-order valence-corrected chi connectivity index (χ4v) is 7.20. The van der Waals surface area contributed by atoms with Crippen LogP contribution in [0.5, 0.6) is 5.75 Å². The van der Waals surface area contributed by atoms with E-state index in [0.29, 0.717) is 29.1 Å². The third kappa shape index (κ3) is 6.03. The Kier molecular flexibility index (Phi) is 8.96. The number of nitrogens with one attached hydrogen (secondary N) is 1. The molecule has 3 aromatic rings. The van der Waals surface area contributed by atoms with Crippen LogP contribution in [0.15, 0.2) is 60.4 Å². The van der Waals surface area contributed by atoms with E-state index in [9.17, 15) is 4.79 Å². The lowest BCUT2D eigenvalue weighted by atomic mass is 9.89. The number of fused-ring (bicyclic) bond motifs is 1. The molecule has 1 aromatic heterocycles. The zero-order valence-corrected chi connectivity index (χ0v) is 24.5. The summed E-state index contributed by atoms with van der Waals surface area (Å²) in [6.07, 6.45) is 10.00. The van der Waals surface area contributed by atoms with Crippen LogP contribution >= 0.6 is 22.9 Å². The fourth-order valence-electron chi connectivity index (χ4n) is 5.74. The van der Waals surface area contributed by atoms with Crippen LogP contribution < -0.4 is 10.1 Å². The Balaban J connectivity index is 1.51. The minimum atomic E-state index is 0.00603. The molecule has 0 spiro atoms. The van der Waals surface area contributed by atoms with Gasteiger partial charge in [-0.25, -0.2) is 0 Å². The molecule has 1 N–H and O–H groups in total. The molecular weight excluding hydrogens is 528 g/mol. The van der Waals surface area contributed by atoms with Gasteiger partial charge in [-0.1, -0.05) is 41.9 Å². The van der Waals surface area contributed by atoms with Crippen molar-refractivity contribution in [3.8, 4) is 5.75 Å². The van der Waals surface area contributed by atoms with E-state index in [1.54, 1.807) is 7.11 Å². The summed E-state index contributed by atoms with van der Waals surface area (Å²) >= 11 is 8.31. The van der Waals surface area contributed by atoms with Crippen molar-refractivity contribution in [1.29, 1.82) is 0 Å². The molecule has 1 saturated carbocycles. The molecule has 1 fully saturated rings. The molecule has 0 bridgehead atoms. The second kappa shape index (κ2) is 12.6. The Morgan fingerprint density at radius 3 is 2.56 bits per heavy atom. The lowest BCUT2D eigenvalue weighted by molar-refractivity contribution is 0.0604. The number of amides is 1. The van der Waals surface area contributed by atoms with E-state index in [1.807, 2.05) is 38.2 Å². The summed E-state index contributed by atoms with van der Waals surface area (Å²) in [5.74, 6) is 1.83. The summed E-state index contributed by atoms with van der Waals surface area (Å²) in [5, 5.41) is 4.91. The predicted molar refractivity (Wildman–Crippen MR) is 162 cm³/mol. The molecular formula is C32H37ClN2O3S. The summed E-state index contributed by atoms with van der Waals surface area (Å²) < 4.78 is 12.5. The maximum atomic E-state index is 14.3. The number of hydrogen-bond acceptors (Lipinski definition) is 5. The maximum Gasteiger partial charge on any atom is 0.266 e. The quantitative estimate of drug-likeness (QED) is 0.288. The van der Waals surface area contributed by atoms with Gasteiger partial charge in [0.2, 0.25) is 0 Å². The van der Waals surface area contributed by atoms with Gasteiger partial charge in [-0.05, 0) is 81.5 Å². The molecule has 0 saturated heterocycles. The average Bonchev–Trinajstić information content (AvgIpc) is 3.33. The number of hydrogen-bond donors (Lipinski definition) is 1. The van der Waals surface area contributed by atoms with Crippen LogP contribution in [0.2, 0.25) is 5.02 Å². The van der Waals surface area contributed by atoms with Crippen LogP contribution in [0.25, 0.3) is 15.7 Å². The minimum absolute atomic E-state index is 0.00603. The highest BCUT2D eigenvalue weighted by Crippen LogP contribution is 2.38. The predicted octanol–water partition coefficient (Wildman–Crippen LogP) is 7.83. The fraction of sp³-hybridized carbons (Fsp3) is 0.406. The number of carbonyl (C=O) groups is 1. The number of benzene rings is 2. The van der Waals surface area contributed by atoms with Crippen LogP contribution in [0.4, 0.5) is 0 Å². The van der Waals surface area contributed by atoms with Crippen molar-refractivity contribution < 1.29 is 14.3 Å². The van der Waals surface area contributed by atoms with E-state index in [2.05, 4.69) is 40.6 Å². The summed E-state index contributed by atoms with van der Waals surface area (Å²) in [4.78, 5) is 17.0. The molecule has 0 atom stereocenters. The Labute approximate surface area is 240 Å².